The Balaban J connectivity index is 0.000000218. The van der Waals surface area contributed by atoms with Crippen LogP contribution < -0.4 is 0 Å². The van der Waals surface area contributed by atoms with Gasteiger partial charge in [-0.2, -0.15) is 16.8 Å². The van der Waals surface area contributed by atoms with Crippen LogP contribution in [-0.4, -0.2) is 96.9 Å². The summed E-state index contributed by atoms with van der Waals surface area (Å²) in [6.45, 7) is 8.30. The summed E-state index contributed by atoms with van der Waals surface area (Å²) in [6.07, 6.45) is 12.3. The molecule has 0 saturated carbocycles. The Morgan fingerprint density at radius 3 is 1.48 bits per heavy atom. The van der Waals surface area contributed by atoms with E-state index in [2.05, 4.69) is 58.4 Å². The summed E-state index contributed by atoms with van der Waals surface area (Å²) in [5, 5.41) is 10.0. The highest BCUT2D eigenvalue weighted by Crippen LogP contribution is 2.30. The van der Waals surface area contributed by atoms with Gasteiger partial charge in [0.25, 0.3) is 0 Å². The molecule has 0 saturated heterocycles. The number of aromatic nitrogens is 8. The van der Waals surface area contributed by atoms with Gasteiger partial charge in [0.05, 0.1) is 34.3 Å². The minimum atomic E-state index is -1.05. The highest BCUT2D eigenvalue weighted by molar-refractivity contribution is 7.98. The molecule has 21 heteroatoms. The van der Waals surface area contributed by atoms with Crippen molar-refractivity contribution in [3.8, 4) is 23.0 Å². The van der Waals surface area contributed by atoms with Crippen LogP contribution >= 0.6 is 11.8 Å². The normalized spacial score (nSPS) is 11.5. The van der Waals surface area contributed by atoms with Gasteiger partial charge in [0.15, 0.2) is 34.8 Å². The summed E-state index contributed by atoms with van der Waals surface area (Å²) < 4.78 is 48.2. The fraction of sp³-hybridized carbons (Fsp3) is 0.273. The maximum Gasteiger partial charge on any atom is 0.335 e. The summed E-state index contributed by atoms with van der Waals surface area (Å²) in [5.74, 6) is 2.24. The quantitative estimate of drug-likeness (QED) is 0.0516. The summed E-state index contributed by atoms with van der Waals surface area (Å²) in [4.78, 5) is 38.9. The van der Waals surface area contributed by atoms with Crippen LogP contribution in [0.5, 0.6) is 0 Å². The average Bonchev–Trinajstić information content (AvgIpc) is 3.80. The lowest BCUT2D eigenvalue weighted by Crippen LogP contribution is -2.00. The zero-order valence-corrected chi connectivity index (χ0v) is 40.1. The van der Waals surface area contributed by atoms with Gasteiger partial charge in [-0.1, -0.05) is 48.4 Å². The van der Waals surface area contributed by atoms with Crippen molar-refractivity contribution < 1.29 is 30.7 Å². The molecule has 0 spiro atoms. The van der Waals surface area contributed by atoms with E-state index in [1.165, 1.54) is 0 Å². The number of thioether (sulfide) groups is 1. The number of imidazole rings is 2. The molecular weight excluding hydrogens is 909 g/mol. The van der Waals surface area contributed by atoms with E-state index in [1.54, 1.807) is 30.4 Å². The first-order valence-corrected chi connectivity index (χ1v) is 24.2. The molecule has 17 nitrogen and oxygen atoms in total. The first-order chi connectivity index (χ1) is 31.4. The number of hydrogen-bond acceptors (Lipinski definition) is 16. The largest absolute Gasteiger partial charge is 0.385 e. The van der Waals surface area contributed by atoms with E-state index in [0.29, 0.717) is 5.94 Å². The van der Waals surface area contributed by atoms with E-state index in [9.17, 15) is 4.21 Å². The van der Waals surface area contributed by atoms with Gasteiger partial charge in [-0.3, -0.25) is 4.21 Å². The first kappa shape index (κ1) is 49.6. The van der Waals surface area contributed by atoms with Gasteiger partial charge in [-0.15, -0.1) is 11.8 Å². The molecule has 0 N–H and O–H groups in total. The molecule has 0 bridgehead atoms. The monoisotopic (exact) mass is 954 g/mol. The van der Waals surface area contributed by atoms with Crippen LogP contribution in [-0.2, 0) is 70.6 Å². The zero-order chi connectivity index (χ0) is 47.0. The van der Waals surface area contributed by atoms with E-state index < -0.39 is 33.9 Å². The lowest BCUT2D eigenvalue weighted by Gasteiger charge is -2.10. The van der Waals surface area contributed by atoms with Gasteiger partial charge < -0.3 is 18.8 Å². The molecule has 0 amide bonds. The third-order valence-electron chi connectivity index (χ3n) is 9.66. The second-order valence-electron chi connectivity index (χ2n) is 14.3. The topological polar surface area (TPSA) is 216 Å². The highest BCUT2D eigenvalue weighted by atomic mass is 32.2. The number of nitrogens with zero attached hydrogens (tertiary/aromatic N) is 10. The molecule has 0 aliphatic heterocycles. The van der Waals surface area contributed by atoms with Gasteiger partial charge in [-0.25, -0.2) is 29.9 Å². The van der Waals surface area contributed by atoms with E-state index in [-0.39, 0.29) is 5.94 Å². The van der Waals surface area contributed by atoms with Crippen molar-refractivity contribution in [2.24, 2.45) is 24.4 Å². The average molecular weight is 955 g/mol. The molecule has 8 aromatic rings. The Kier molecular flexibility index (Phi) is 18.3. The Morgan fingerprint density at radius 1 is 0.646 bits per heavy atom. The van der Waals surface area contributed by atoms with Crippen LogP contribution in [0.3, 0.4) is 0 Å². The first-order valence-electron chi connectivity index (χ1n) is 19.8. The van der Waals surface area contributed by atoms with E-state index in [1.807, 2.05) is 92.1 Å². The van der Waals surface area contributed by atoms with Crippen molar-refractivity contribution in [2.45, 2.75) is 40.5 Å². The number of rotatable bonds is 12. The summed E-state index contributed by atoms with van der Waals surface area (Å²) >= 11 is 0.0841. The Labute approximate surface area is 388 Å². The van der Waals surface area contributed by atoms with Crippen LogP contribution in [0.25, 0.3) is 67.2 Å². The molecule has 8 rings (SSSR count). The second kappa shape index (κ2) is 24.0. The molecule has 6 heterocycles. The van der Waals surface area contributed by atoms with Crippen LogP contribution in [0, 0.1) is 13.8 Å². The Hall–Kier alpha value is -6.42. The SMILES string of the molecule is CCc1cc2ccc(/C=N/OCS(C)=O)cc2nc1-c1nc2cc(C)cnc2n1C.CCc1cc2ccc(/C=N/OCSC)cc2nc1-c1nc2cc(C)cnc2n1C.O=S=O.O=S=O. The van der Waals surface area contributed by atoms with Gasteiger partial charge >= 0.3 is 23.1 Å². The number of pyridine rings is 4. The van der Waals surface area contributed by atoms with Gasteiger partial charge in [0.1, 0.15) is 22.4 Å². The number of aryl methyl sites for hydroxylation is 6. The predicted octanol–water partition coefficient (Wildman–Crippen LogP) is 7.13. The van der Waals surface area contributed by atoms with Crippen molar-refractivity contribution >= 4 is 102 Å². The lowest BCUT2D eigenvalue weighted by molar-refractivity contribution is 0.195. The van der Waals surface area contributed by atoms with Crippen LogP contribution in [0.2, 0.25) is 0 Å². The van der Waals surface area contributed by atoms with E-state index in [4.69, 9.17) is 46.4 Å². The van der Waals surface area contributed by atoms with Gasteiger partial charge in [-0.05, 0) is 103 Å². The van der Waals surface area contributed by atoms with E-state index in [0.717, 1.165) is 113 Å². The predicted molar refractivity (Wildman–Crippen MR) is 259 cm³/mol. The minimum Gasteiger partial charge on any atom is -0.385 e. The maximum absolute atomic E-state index is 11.1. The van der Waals surface area contributed by atoms with Crippen molar-refractivity contribution in [3.05, 3.63) is 106 Å². The Morgan fingerprint density at radius 2 is 1.08 bits per heavy atom. The minimum absolute atomic E-state index is 0.0760. The third kappa shape index (κ3) is 12.6. The smallest absolute Gasteiger partial charge is 0.335 e. The molecule has 1 atom stereocenters. The van der Waals surface area contributed by atoms with Crippen LogP contribution in [0.15, 0.2) is 83.4 Å². The molecule has 6 aromatic heterocycles. The van der Waals surface area contributed by atoms with Crippen molar-refractivity contribution in [2.75, 3.05) is 24.4 Å². The standard InChI is InChI=1S/C22H23N5O2S.C22H23N5OS.2O2S/c1-5-16-10-17-7-6-15(12-24-29-13-30(4)28)9-18(17)25-20(16)22-26-19-8-14(2)11-23-21(19)27(22)3;1-5-16-10-17-7-6-15(12-24-28-13-29-4)9-18(17)25-20(16)22-26-19-8-14(2)11-23-21(19)27(22)3;2*1-3-2/h6-12H,5,13H2,1-4H3;6-12H,5,13H2,1-4H3;;/b2*24-12+;;. The Bertz CT molecular complexity index is 3110. The summed E-state index contributed by atoms with van der Waals surface area (Å²) in [5.41, 5.74) is 13.2. The highest BCUT2D eigenvalue weighted by Gasteiger charge is 2.18. The molecule has 0 radical (unpaired) electrons. The third-order valence-corrected chi connectivity index (χ3v) is 10.4. The number of benzene rings is 2. The summed E-state index contributed by atoms with van der Waals surface area (Å²) in [7, 11) is 2.91. The molecule has 2 aromatic carbocycles. The molecule has 0 aliphatic carbocycles. The van der Waals surface area contributed by atoms with Gasteiger partial charge in [0.2, 0.25) is 0 Å². The molecule has 338 valence electrons. The molecule has 65 heavy (non-hydrogen) atoms. The van der Waals surface area contributed by atoms with Crippen molar-refractivity contribution in [1.29, 1.82) is 0 Å². The number of fused-ring (bicyclic) bond motifs is 4. The second-order valence-corrected chi connectivity index (χ2v) is 16.7. The fourth-order valence-corrected chi connectivity index (χ4v) is 7.08. The van der Waals surface area contributed by atoms with Crippen molar-refractivity contribution in [3.63, 3.8) is 0 Å². The van der Waals surface area contributed by atoms with Crippen LogP contribution in [0.4, 0.5) is 0 Å². The summed E-state index contributed by atoms with van der Waals surface area (Å²) in [6, 6.07) is 20.5. The molecular formula is C44H46N10O7S4. The lowest BCUT2D eigenvalue weighted by atomic mass is 10.0. The molecule has 0 aliphatic rings. The van der Waals surface area contributed by atoms with Gasteiger partial charge in [0, 0.05) is 43.5 Å². The van der Waals surface area contributed by atoms with Crippen molar-refractivity contribution in [1.82, 2.24) is 39.0 Å². The number of hydrogen-bond donors (Lipinski definition) is 0. The molecule has 0 fully saturated rings. The molecule has 1 unspecified atom stereocenters. The zero-order valence-electron chi connectivity index (χ0n) is 36.9. The van der Waals surface area contributed by atoms with E-state index >= 15 is 0 Å². The number of oxime groups is 2. The van der Waals surface area contributed by atoms with Crippen LogP contribution in [0.1, 0.15) is 47.2 Å². The fourth-order valence-electron chi connectivity index (χ4n) is 6.70. The maximum atomic E-state index is 11.1.